The zero-order valence-corrected chi connectivity index (χ0v) is 13.0. The lowest BCUT2D eigenvalue weighted by atomic mass is 10.2. The van der Waals surface area contributed by atoms with E-state index in [1.54, 1.807) is 10.6 Å². The van der Waals surface area contributed by atoms with Crippen molar-refractivity contribution in [1.82, 2.24) is 14.3 Å². The second-order valence-electron chi connectivity index (χ2n) is 5.38. The molecule has 0 radical (unpaired) electrons. The molecule has 7 nitrogen and oxygen atoms in total. The lowest BCUT2D eigenvalue weighted by Crippen LogP contribution is -2.39. The Morgan fingerprint density at radius 1 is 1.62 bits per heavy atom. The molecule has 0 spiro atoms. The summed E-state index contributed by atoms with van der Waals surface area (Å²) in [5.74, 6) is 0.532. The Kier molecular flexibility index (Phi) is 3.81. The van der Waals surface area contributed by atoms with E-state index < -0.39 is 0 Å². The lowest BCUT2D eigenvalue weighted by molar-refractivity contribution is -0.389. The van der Waals surface area contributed by atoms with Gasteiger partial charge in [-0.3, -0.25) is 4.90 Å². The van der Waals surface area contributed by atoms with Gasteiger partial charge in [0.05, 0.1) is 0 Å². The monoisotopic (exact) mass is 309 g/mol. The van der Waals surface area contributed by atoms with Crippen LogP contribution in [0.2, 0.25) is 0 Å². The van der Waals surface area contributed by atoms with Crippen molar-refractivity contribution in [2.75, 3.05) is 31.6 Å². The number of fused-ring (bicyclic) bond motifs is 1. The Morgan fingerprint density at radius 2 is 2.43 bits per heavy atom. The fourth-order valence-corrected chi connectivity index (χ4v) is 3.81. The van der Waals surface area contributed by atoms with Gasteiger partial charge in [-0.15, -0.1) is 0 Å². The molecule has 8 heteroatoms. The zero-order chi connectivity index (χ0) is 15.0. The van der Waals surface area contributed by atoms with Gasteiger partial charge in [0.2, 0.25) is 5.82 Å². The highest BCUT2D eigenvalue weighted by atomic mass is 32.1. The van der Waals surface area contributed by atoms with Crippen molar-refractivity contribution >= 4 is 27.9 Å². The van der Waals surface area contributed by atoms with Gasteiger partial charge in [0.15, 0.2) is 0 Å². The molecule has 0 aromatic carbocycles. The van der Waals surface area contributed by atoms with Crippen molar-refractivity contribution in [2.24, 2.45) is 0 Å². The summed E-state index contributed by atoms with van der Waals surface area (Å²) in [5, 5.41) is 13.2. The van der Waals surface area contributed by atoms with Gasteiger partial charge in [-0.25, -0.2) is 0 Å². The summed E-state index contributed by atoms with van der Waals surface area (Å²) >= 11 is 1.42. The molecule has 3 heterocycles. The van der Waals surface area contributed by atoms with Crippen LogP contribution in [-0.4, -0.2) is 51.9 Å². The molecule has 0 aliphatic carbocycles. The predicted octanol–water partition coefficient (Wildman–Crippen LogP) is 2.22. The number of hydrogen-bond donors (Lipinski definition) is 0. The van der Waals surface area contributed by atoms with Crippen molar-refractivity contribution in [2.45, 2.75) is 25.8 Å². The standard InChI is InChI=1S/C13H19N5O2S/c1-3-16-6-4-5-10(16)9-15(2)11-12(18(19)20)17-7-8-21-13(17)14-11/h7-8,10H,3-6,9H2,1-2H3. The molecule has 0 amide bonds. The van der Waals surface area contributed by atoms with E-state index in [-0.39, 0.29) is 10.7 Å². The normalized spacial score (nSPS) is 19.4. The fourth-order valence-electron chi connectivity index (χ4n) is 3.11. The molecule has 1 atom stereocenters. The fraction of sp³-hybridized carbons (Fsp3) is 0.615. The molecule has 1 unspecified atom stereocenters. The molecule has 0 N–H and O–H groups in total. The number of likely N-dealkylation sites (N-methyl/N-ethyl adjacent to an activating group) is 2. The molecule has 0 bridgehead atoms. The molecule has 0 saturated carbocycles. The highest BCUT2D eigenvalue weighted by Gasteiger charge is 2.30. The van der Waals surface area contributed by atoms with Crippen LogP contribution in [0.1, 0.15) is 19.8 Å². The van der Waals surface area contributed by atoms with Gasteiger partial charge in [0.25, 0.3) is 4.96 Å². The van der Waals surface area contributed by atoms with Crippen LogP contribution >= 0.6 is 11.3 Å². The molecule has 2 aromatic heterocycles. The molecule has 1 fully saturated rings. The number of likely N-dealkylation sites (tertiary alicyclic amines) is 1. The Morgan fingerprint density at radius 3 is 3.14 bits per heavy atom. The highest BCUT2D eigenvalue weighted by Crippen LogP contribution is 2.31. The maximum absolute atomic E-state index is 11.4. The summed E-state index contributed by atoms with van der Waals surface area (Å²) in [6.07, 6.45) is 4.05. The minimum absolute atomic E-state index is 0.0646. The number of nitro groups is 1. The van der Waals surface area contributed by atoms with Crippen molar-refractivity contribution in [3.63, 3.8) is 0 Å². The smallest absolute Gasteiger partial charge is 0.358 e. The number of hydrogen-bond acceptors (Lipinski definition) is 6. The number of anilines is 1. The molecular weight excluding hydrogens is 290 g/mol. The number of imidazole rings is 1. The Bertz CT molecular complexity index is 652. The van der Waals surface area contributed by atoms with E-state index in [9.17, 15) is 10.1 Å². The maximum Gasteiger partial charge on any atom is 0.373 e. The SMILES string of the molecule is CCN1CCCC1CN(C)c1nc2sccn2c1[N+](=O)[O-]. The number of rotatable bonds is 5. The third kappa shape index (κ3) is 2.49. The average molecular weight is 309 g/mol. The van der Waals surface area contributed by atoms with Crippen LogP contribution in [0.5, 0.6) is 0 Å². The van der Waals surface area contributed by atoms with Crippen LogP contribution in [0.3, 0.4) is 0 Å². The van der Waals surface area contributed by atoms with E-state index in [1.165, 1.54) is 17.8 Å². The van der Waals surface area contributed by atoms with Crippen LogP contribution in [0.15, 0.2) is 11.6 Å². The summed E-state index contributed by atoms with van der Waals surface area (Å²) in [5.41, 5.74) is 0. The number of thiazole rings is 1. The largest absolute Gasteiger partial charge is 0.373 e. The quantitative estimate of drug-likeness (QED) is 0.626. The summed E-state index contributed by atoms with van der Waals surface area (Å²) in [6.45, 7) is 5.08. The topological polar surface area (TPSA) is 66.9 Å². The predicted molar refractivity (Wildman–Crippen MR) is 83.3 cm³/mol. The van der Waals surface area contributed by atoms with Gasteiger partial charge in [-0.1, -0.05) is 18.3 Å². The van der Waals surface area contributed by atoms with Crippen LogP contribution in [0.4, 0.5) is 11.6 Å². The van der Waals surface area contributed by atoms with Gasteiger partial charge < -0.3 is 15.0 Å². The molecule has 114 valence electrons. The van der Waals surface area contributed by atoms with E-state index in [0.29, 0.717) is 16.8 Å². The van der Waals surface area contributed by atoms with E-state index in [0.717, 1.165) is 26.1 Å². The van der Waals surface area contributed by atoms with Crippen LogP contribution in [-0.2, 0) is 0 Å². The second kappa shape index (κ2) is 5.61. The summed E-state index contributed by atoms with van der Waals surface area (Å²) in [4.78, 5) is 20.5. The molecule has 2 aromatic rings. The average Bonchev–Trinajstić information content (AvgIpc) is 3.11. The first kappa shape index (κ1) is 14.3. The minimum Gasteiger partial charge on any atom is -0.358 e. The molecule has 21 heavy (non-hydrogen) atoms. The third-order valence-electron chi connectivity index (χ3n) is 4.14. The van der Waals surface area contributed by atoms with E-state index in [2.05, 4.69) is 16.8 Å². The lowest BCUT2D eigenvalue weighted by Gasteiger charge is -2.27. The Labute approximate surface area is 126 Å². The highest BCUT2D eigenvalue weighted by molar-refractivity contribution is 7.15. The van der Waals surface area contributed by atoms with Crippen molar-refractivity contribution in [1.29, 1.82) is 0 Å². The van der Waals surface area contributed by atoms with Gasteiger partial charge >= 0.3 is 5.82 Å². The third-order valence-corrected chi connectivity index (χ3v) is 4.90. The van der Waals surface area contributed by atoms with Gasteiger partial charge in [0.1, 0.15) is 6.20 Å². The summed E-state index contributed by atoms with van der Waals surface area (Å²) in [6, 6.07) is 0.458. The molecule has 1 saturated heterocycles. The molecular formula is C13H19N5O2S. The number of aromatic nitrogens is 2. The van der Waals surface area contributed by atoms with Crippen LogP contribution in [0, 0.1) is 10.1 Å². The van der Waals surface area contributed by atoms with E-state index >= 15 is 0 Å². The summed E-state index contributed by atoms with van der Waals surface area (Å²) in [7, 11) is 1.89. The van der Waals surface area contributed by atoms with Crippen molar-refractivity contribution in [3.05, 3.63) is 21.7 Å². The maximum atomic E-state index is 11.4. The van der Waals surface area contributed by atoms with Gasteiger partial charge in [-0.05, 0) is 30.9 Å². The first-order valence-corrected chi connectivity index (χ1v) is 8.05. The van der Waals surface area contributed by atoms with Crippen LogP contribution in [0.25, 0.3) is 4.96 Å². The minimum atomic E-state index is -0.342. The van der Waals surface area contributed by atoms with E-state index in [4.69, 9.17) is 0 Å². The Balaban J connectivity index is 1.87. The van der Waals surface area contributed by atoms with E-state index in [1.807, 2.05) is 17.3 Å². The Hall–Kier alpha value is -1.67. The van der Waals surface area contributed by atoms with Crippen molar-refractivity contribution in [3.8, 4) is 0 Å². The zero-order valence-electron chi connectivity index (χ0n) is 12.2. The first-order valence-electron chi connectivity index (χ1n) is 7.17. The molecule has 3 rings (SSSR count). The first-order chi connectivity index (χ1) is 10.1. The van der Waals surface area contributed by atoms with Crippen molar-refractivity contribution < 1.29 is 4.92 Å². The van der Waals surface area contributed by atoms with Gasteiger partial charge in [0, 0.05) is 25.0 Å². The summed E-state index contributed by atoms with van der Waals surface area (Å²) < 4.78 is 1.56. The van der Waals surface area contributed by atoms with Crippen LogP contribution < -0.4 is 4.90 Å². The number of nitrogens with zero attached hydrogens (tertiary/aromatic N) is 5. The van der Waals surface area contributed by atoms with Gasteiger partial charge in [-0.2, -0.15) is 9.38 Å². The molecule has 1 aliphatic heterocycles. The molecule has 1 aliphatic rings. The second-order valence-corrected chi connectivity index (χ2v) is 6.25.